The summed E-state index contributed by atoms with van der Waals surface area (Å²) in [5.41, 5.74) is 18.1. The highest BCUT2D eigenvalue weighted by Gasteiger charge is 2.16. The Balaban J connectivity index is 2.52. The zero-order valence-corrected chi connectivity index (χ0v) is 12.8. The molecule has 1 aromatic carbocycles. The molecule has 0 fully saturated rings. The average Bonchev–Trinajstić information content (AvgIpc) is 2.50. The Labute approximate surface area is 130 Å². The van der Waals surface area contributed by atoms with Crippen LogP contribution in [0.1, 0.15) is 36.9 Å². The number of carbonyl (C=O) groups excluding carboxylic acids is 2. The molecule has 0 saturated heterocycles. The van der Waals surface area contributed by atoms with Crippen LogP contribution in [0.15, 0.2) is 24.3 Å². The second kappa shape index (κ2) is 9.01. The largest absolute Gasteiger partial charge is 0.352 e. The van der Waals surface area contributed by atoms with Gasteiger partial charge in [0.15, 0.2) is 0 Å². The van der Waals surface area contributed by atoms with E-state index in [0.717, 1.165) is 17.5 Å². The monoisotopic (exact) mass is 307 g/mol. The minimum atomic E-state index is -0.559. The van der Waals surface area contributed by atoms with Crippen LogP contribution in [0.2, 0.25) is 0 Å². The lowest BCUT2D eigenvalue weighted by Crippen LogP contribution is -2.41. The normalized spacial score (nSPS) is 13.2. The number of hydrogen-bond acceptors (Lipinski definition) is 4. The summed E-state index contributed by atoms with van der Waals surface area (Å²) >= 11 is 0. The SMILES string of the molecule is CC(NC(=O)[C@@H](N)CCCN)c1ccc(CNC(N)=O)cc1. The van der Waals surface area contributed by atoms with Crippen molar-refractivity contribution in [3.63, 3.8) is 0 Å². The van der Waals surface area contributed by atoms with Gasteiger partial charge in [0.05, 0.1) is 12.1 Å². The fourth-order valence-electron chi connectivity index (χ4n) is 1.99. The van der Waals surface area contributed by atoms with Crippen LogP contribution < -0.4 is 27.8 Å². The first-order chi connectivity index (χ1) is 10.4. The Morgan fingerprint density at radius 3 is 2.41 bits per heavy atom. The van der Waals surface area contributed by atoms with Gasteiger partial charge in [0, 0.05) is 6.54 Å². The van der Waals surface area contributed by atoms with E-state index in [-0.39, 0.29) is 11.9 Å². The van der Waals surface area contributed by atoms with Gasteiger partial charge in [0.1, 0.15) is 0 Å². The van der Waals surface area contributed by atoms with Gasteiger partial charge in [-0.25, -0.2) is 4.79 Å². The molecule has 0 bridgehead atoms. The van der Waals surface area contributed by atoms with Gasteiger partial charge in [-0.1, -0.05) is 24.3 Å². The number of hydrogen-bond donors (Lipinski definition) is 5. The van der Waals surface area contributed by atoms with Gasteiger partial charge in [-0.15, -0.1) is 0 Å². The number of benzene rings is 1. The standard InChI is InChI=1S/C15H25N5O2/c1-10(20-14(21)13(17)3-2-8-16)12-6-4-11(5-7-12)9-19-15(18)22/h4-7,10,13H,2-3,8-9,16-17H2,1H3,(H,20,21)(H3,18,19,22)/t10?,13-/m0/s1. The number of nitrogens with one attached hydrogen (secondary N) is 2. The molecule has 0 aromatic heterocycles. The first kappa shape index (κ1) is 17.9. The van der Waals surface area contributed by atoms with Crippen molar-refractivity contribution in [2.45, 2.75) is 38.4 Å². The third kappa shape index (κ3) is 6.11. The molecule has 0 heterocycles. The van der Waals surface area contributed by atoms with Crippen LogP contribution >= 0.6 is 0 Å². The van der Waals surface area contributed by atoms with Crippen LogP contribution in [-0.2, 0) is 11.3 Å². The third-order valence-electron chi connectivity index (χ3n) is 3.36. The summed E-state index contributed by atoms with van der Waals surface area (Å²) in [4.78, 5) is 22.6. The highest BCUT2D eigenvalue weighted by Crippen LogP contribution is 2.13. The number of carbonyl (C=O) groups is 2. The van der Waals surface area contributed by atoms with Crippen molar-refractivity contribution in [3.05, 3.63) is 35.4 Å². The van der Waals surface area contributed by atoms with E-state index in [0.29, 0.717) is 19.5 Å². The van der Waals surface area contributed by atoms with Crippen LogP contribution in [0.5, 0.6) is 0 Å². The Morgan fingerprint density at radius 1 is 1.23 bits per heavy atom. The lowest BCUT2D eigenvalue weighted by atomic mass is 10.0. The molecule has 1 aromatic rings. The molecule has 2 atom stereocenters. The van der Waals surface area contributed by atoms with Crippen molar-refractivity contribution in [2.75, 3.05) is 6.54 Å². The number of nitrogens with two attached hydrogens (primary N) is 3. The predicted molar refractivity (Wildman–Crippen MR) is 85.7 cm³/mol. The zero-order valence-electron chi connectivity index (χ0n) is 12.8. The molecule has 1 rings (SSSR count). The highest BCUT2D eigenvalue weighted by atomic mass is 16.2. The minimum Gasteiger partial charge on any atom is -0.352 e. The van der Waals surface area contributed by atoms with Crippen molar-refractivity contribution in [1.29, 1.82) is 0 Å². The summed E-state index contributed by atoms with van der Waals surface area (Å²) in [6.45, 7) is 2.79. The van der Waals surface area contributed by atoms with Gasteiger partial charge in [0.2, 0.25) is 5.91 Å². The summed E-state index contributed by atoms with van der Waals surface area (Å²) in [7, 11) is 0. The van der Waals surface area contributed by atoms with Crippen LogP contribution in [-0.4, -0.2) is 24.5 Å². The molecule has 3 amide bonds. The van der Waals surface area contributed by atoms with E-state index >= 15 is 0 Å². The third-order valence-corrected chi connectivity index (χ3v) is 3.36. The number of urea groups is 1. The number of amides is 3. The minimum absolute atomic E-state index is 0.144. The first-order valence-electron chi connectivity index (χ1n) is 7.32. The molecular weight excluding hydrogens is 282 g/mol. The molecule has 0 aliphatic rings. The topological polar surface area (TPSA) is 136 Å². The summed E-state index contributed by atoms with van der Waals surface area (Å²) in [5, 5.41) is 5.40. The number of rotatable bonds is 8. The average molecular weight is 307 g/mol. The van der Waals surface area contributed by atoms with Crippen molar-refractivity contribution in [2.24, 2.45) is 17.2 Å². The van der Waals surface area contributed by atoms with E-state index in [1.165, 1.54) is 0 Å². The van der Waals surface area contributed by atoms with Gasteiger partial charge in [-0.2, -0.15) is 0 Å². The van der Waals surface area contributed by atoms with Crippen molar-refractivity contribution >= 4 is 11.9 Å². The lowest BCUT2D eigenvalue weighted by Gasteiger charge is -2.18. The Bertz CT molecular complexity index is 489. The summed E-state index contributed by atoms with van der Waals surface area (Å²) in [5.74, 6) is -0.180. The Kier molecular flexibility index (Phi) is 7.34. The molecule has 0 radical (unpaired) electrons. The Hall–Kier alpha value is -2.12. The van der Waals surface area contributed by atoms with E-state index in [4.69, 9.17) is 17.2 Å². The summed E-state index contributed by atoms with van der Waals surface area (Å²) < 4.78 is 0. The quantitative estimate of drug-likeness (QED) is 0.465. The maximum absolute atomic E-state index is 11.9. The van der Waals surface area contributed by atoms with Gasteiger partial charge in [-0.05, 0) is 37.4 Å². The van der Waals surface area contributed by atoms with E-state index in [2.05, 4.69) is 10.6 Å². The Morgan fingerprint density at radius 2 is 1.86 bits per heavy atom. The molecule has 0 saturated carbocycles. The number of primary amides is 1. The summed E-state index contributed by atoms with van der Waals surface area (Å²) in [6, 6.07) is 6.31. The summed E-state index contributed by atoms with van der Waals surface area (Å²) in [6.07, 6.45) is 1.30. The fourth-order valence-corrected chi connectivity index (χ4v) is 1.99. The van der Waals surface area contributed by atoms with Gasteiger partial charge in [0.25, 0.3) is 0 Å². The fraction of sp³-hybridized carbons (Fsp3) is 0.467. The van der Waals surface area contributed by atoms with E-state index < -0.39 is 12.1 Å². The lowest BCUT2D eigenvalue weighted by molar-refractivity contribution is -0.123. The molecule has 7 nitrogen and oxygen atoms in total. The van der Waals surface area contributed by atoms with Crippen molar-refractivity contribution in [3.8, 4) is 0 Å². The molecule has 22 heavy (non-hydrogen) atoms. The van der Waals surface area contributed by atoms with Crippen LogP contribution in [0.25, 0.3) is 0 Å². The molecule has 0 aliphatic heterocycles. The smallest absolute Gasteiger partial charge is 0.312 e. The van der Waals surface area contributed by atoms with Crippen LogP contribution in [0.3, 0.4) is 0 Å². The highest BCUT2D eigenvalue weighted by molar-refractivity contribution is 5.81. The van der Waals surface area contributed by atoms with Crippen molar-refractivity contribution in [1.82, 2.24) is 10.6 Å². The molecule has 0 aliphatic carbocycles. The van der Waals surface area contributed by atoms with Crippen LogP contribution in [0, 0.1) is 0 Å². The maximum Gasteiger partial charge on any atom is 0.312 e. The van der Waals surface area contributed by atoms with Gasteiger partial charge >= 0.3 is 6.03 Å². The molecule has 7 heteroatoms. The molecular formula is C15H25N5O2. The first-order valence-corrected chi connectivity index (χ1v) is 7.32. The van der Waals surface area contributed by atoms with E-state index in [9.17, 15) is 9.59 Å². The maximum atomic E-state index is 11.9. The molecule has 8 N–H and O–H groups in total. The molecule has 0 spiro atoms. The second-order valence-corrected chi connectivity index (χ2v) is 5.23. The molecule has 122 valence electrons. The van der Waals surface area contributed by atoms with E-state index in [1.54, 1.807) is 0 Å². The predicted octanol–water partition coefficient (Wildman–Crippen LogP) is 0.0983. The van der Waals surface area contributed by atoms with Crippen LogP contribution in [0.4, 0.5) is 4.79 Å². The zero-order chi connectivity index (χ0) is 16.5. The van der Waals surface area contributed by atoms with Gasteiger partial charge < -0.3 is 27.8 Å². The second-order valence-electron chi connectivity index (χ2n) is 5.23. The van der Waals surface area contributed by atoms with E-state index in [1.807, 2.05) is 31.2 Å². The molecule has 1 unspecified atom stereocenters. The van der Waals surface area contributed by atoms with Crippen molar-refractivity contribution < 1.29 is 9.59 Å². The van der Waals surface area contributed by atoms with Gasteiger partial charge in [-0.3, -0.25) is 4.79 Å².